The number of nitrogens with zero attached hydrogens (tertiary/aromatic N) is 5. The molecule has 7 nitrogen and oxygen atoms in total. The van der Waals surface area contributed by atoms with Crippen molar-refractivity contribution in [2.45, 2.75) is 0 Å². The number of aromatic nitrogens is 2. The number of hydrogen-bond acceptors (Lipinski definition) is 4. The highest BCUT2D eigenvalue weighted by Gasteiger charge is 2.22. The van der Waals surface area contributed by atoms with Crippen molar-refractivity contribution in [1.82, 2.24) is 9.13 Å². The van der Waals surface area contributed by atoms with Gasteiger partial charge in [0, 0.05) is 66.5 Å². The fourth-order valence-corrected chi connectivity index (χ4v) is 9.05. The molecule has 0 atom stereocenters. The Morgan fingerprint density at radius 1 is 0.448 bits per heavy atom. The van der Waals surface area contributed by atoms with Crippen LogP contribution in [0, 0.1) is 29.2 Å². The maximum Gasteiger partial charge on any atom is 0.189 e. The fraction of sp³-hybridized carbons (Fsp3) is 0. The van der Waals surface area contributed by atoms with E-state index in [9.17, 15) is 10.5 Å². The third kappa shape index (κ3) is 4.34. The van der Waals surface area contributed by atoms with Gasteiger partial charge in [-0.3, -0.25) is 0 Å². The molecule has 0 N–H and O–H groups in total. The zero-order chi connectivity index (χ0) is 38.6. The second-order valence-corrected chi connectivity index (χ2v) is 14.6. The van der Waals surface area contributed by atoms with Crippen LogP contribution in [0.1, 0.15) is 11.1 Å². The van der Waals surface area contributed by atoms with Gasteiger partial charge < -0.3 is 18.0 Å². The van der Waals surface area contributed by atoms with Gasteiger partial charge in [-0.05, 0) is 72.3 Å². The Labute approximate surface area is 329 Å². The van der Waals surface area contributed by atoms with E-state index in [0.29, 0.717) is 16.9 Å². The van der Waals surface area contributed by atoms with Crippen LogP contribution in [0.25, 0.3) is 115 Å². The van der Waals surface area contributed by atoms with Crippen LogP contribution >= 0.6 is 0 Å². The van der Waals surface area contributed by atoms with Gasteiger partial charge in [-0.1, -0.05) is 72.8 Å². The highest BCUT2D eigenvalue weighted by Crippen LogP contribution is 2.44. The summed E-state index contributed by atoms with van der Waals surface area (Å²) in [5, 5.41) is 29.1. The van der Waals surface area contributed by atoms with Crippen LogP contribution in [-0.2, 0) is 0 Å². The fourth-order valence-electron chi connectivity index (χ4n) is 9.05. The Hall–Kier alpha value is -8.57. The molecule has 0 aliphatic rings. The van der Waals surface area contributed by atoms with E-state index in [1.807, 2.05) is 72.8 Å². The molecule has 0 saturated carbocycles. The van der Waals surface area contributed by atoms with Crippen LogP contribution in [-0.4, -0.2) is 9.13 Å². The first-order chi connectivity index (χ1) is 28.6. The number of benzene rings is 8. The minimum atomic E-state index is 0.251. The van der Waals surface area contributed by atoms with Gasteiger partial charge in [-0.25, -0.2) is 4.85 Å². The van der Waals surface area contributed by atoms with Crippen LogP contribution in [0.5, 0.6) is 0 Å². The molecule has 0 saturated heterocycles. The molecule has 0 radical (unpaired) electrons. The van der Waals surface area contributed by atoms with Crippen LogP contribution in [0.4, 0.5) is 5.69 Å². The molecule has 8 aromatic carbocycles. The average molecular weight is 740 g/mol. The predicted molar refractivity (Wildman–Crippen MR) is 231 cm³/mol. The lowest BCUT2D eigenvalue weighted by Gasteiger charge is -2.17. The zero-order valence-corrected chi connectivity index (χ0v) is 30.5. The minimum absolute atomic E-state index is 0.251. The van der Waals surface area contributed by atoms with Gasteiger partial charge in [0.25, 0.3) is 0 Å². The summed E-state index contributed by atoms with van der Waals surface area (Å²) in [6.07, 6.45) is 0. The highest BCUT2D eigenvalue weighted by atomic mass is 16.3. The number of hydrogen-bond donors (Lipinski definition) is 0. The second-order valence-electron chi connectivity index (χ2n) is 14.6. The maximum atomic E-state index is 10.4. The molecule has 0 aliphatic heterocycles. The van der Waals surface area contributed by atoms with Gasteiger partial charge in [0.15, 0.2) is 5.69 Å². The summed E-state index contributed by atoms with van der Waals surface area (Å²) < 4.78 is 17.1. The largest absolute Gasteiger partial charge is 0.456 e. The molecule has 266 valence electrons. The summed E-state index contributed by atoms with van der Waals surface area (Å²) in [6, 6.07) is 55.1. The SMILES string of the molecule is [C-]#[N+]c1cc(-c2cc(C#N)c(C#N)cc2-n2c3ccccc3c3cc4c(cc32)oc2ccccc24)cc(-n2c3ccccc3c3cc4c(cc32)oc2ccccc24)c1. The lowest BCUT2D eigenvalue weighted by Crippen LogP contribution is -2.01. The summed E-state index contributed by atoms with van der Waals surface area (Å²) >= 11 is 0. The first kappa shape index (κ1) is 31.7. The molecule has 0 fully saturated rings. The lowest BCUT2D eigenvalue weighted by molar-refractivity contribution is 0.669. The van der Waals surface area contributed by atoms with E-state index >= 15 is 0 Å². The Bertz CT molecular complexity index is 3910. The number of fused-ring (bicyclic) bond motifs is 12. The number of nitriles is 2. The number of rotatable bonds is 3. The molecule has 58 heavy (non-hydrogen) atoms. The third-order valence-corrected chi connectivity index (χ3v) is 11.6. The van der Waals surface area contributed by atoms with Crippen molar-refractivity contribution in [2.75, 3.05) is 0 Å². The summed E-state index contributed by atoms with van der Waals surface area (Å²) in [4.78, 5) is 3.97. The topological polar surface area (TPSA) is 88.1 Å². The van der Waals surface area contributed by atoms with Crippen molar-refractivity contribution < 1.29 is 8.83 Å². The standard InChI is InChI=1S/C51H25N5O2/c1-54-32-18-29(19-33(22-32)55-43-14-6-2-10-34(43)39-23-41-36-12-4-8-16-48(36)57-50(41)25-46(39)55)38-20-30(27-52)31(28-53)21-45(38)56-44-15-7-3-11-35(44)40-24-42-37-13-5-9-17-49(37)58-51(42)26-47(40)56/h2-26H. The molecule has 0 aliphatic carbocycles. The normalized spacial score (nSPS) is 11.7. The molecule has 12 rings (SSSR count). The zero-order valence-electron chi connectivity index (χ0n) is 30.5. The van der Waals surface area contributed by atoms with Crippen molar-refractivity contribution in [3.63, 3.8) is 0 Å². The molecule has 4 aromatic heterocycles. The molecular formula is C51H25N5O2. The van der Waals surface area contributed by atoms with Crippen LogP contribution in [0.2, 0.25) is 0 Å². The molecular weight excluding hydrogens is 715 g/mol. The highest BCUT2D eigenvalue weighted by molar-refractivity contribution is 6.19. The van der Waals surface area contributed by atoms with E-state index in [1.54, 1.807) is 12.1 Å². The van der Waals surface area contributed by atoms with E-state index in [0.717, 1.165) is 98.7 Å². The molecule has 12 aromatic rings. The first-order valence-electron chi connectivity index (χ1n) is 18.8. The molecule has 0 bridgehead atoms. The van der Waals surface area contributed by atoms with Crippen molar-refractivity contribution >= 4 is 93.2 Å². The Balaban J connectivity index is 1.17. The second kappa shape index (κ2) is 11.7. The van der Waals surface area contributed by atoms with Crippen molar-refractivity contribution in [2.24, 2.45) is 0 Å². The Kier molecular flexibility index (Phi) is 6.41. The monoisotopic (exact) mass is 739 g/mol. The summed E-state index contributed by atoms with van der Waals surface area (Å²) in [6.45, 7) is 8.28. The first-order valence-corrected chi connectivity index (χ1v) is 18.8. The van der Waals surface area contributed by atoms with Crippen molar-refractivity contribution in [3.05, 3.63) is 174 Å². The van der Waals surface area contributed by atoms with E-state index in [1.165, 1.54) is 0 Å². The van der Waals surface area contributed by atoms with Crippen LogP contribution < -0.4 is 0 Å². The van der Waals surface area contributed by atoms with Gasteiger partial charge in [-0.15, -0.1) is 0 Å². The summed E-state index contributed by atoms with van der Waals surface area (Å²) in [5.74, 6) is 0. The molecule has 4 heterocycles. The molecule has 0 amide bonds. The number of furan rings is 2. The van der Waals surface area contributed by atoms with E-state index < -0.39 is 0 Å². The predicted octanol–water partition coefficient (Wildman–Crippen LogP) is 13.6. The number of para-hydroxylation sites is 4. The van der Waals surface area contributed by atoms with Gasteiger partial charge in [0.05, 0.1) is 45.5 Å². The van der Waals surface area contributed by atoms with Gasteiger partial charge >= 0.3 is 0 Å². The third-order valence-electron chi connectivity index (χ3n) is 11.6. The maximum absolute atomic E-state index is 10.4. The smallest absolute Gasteiger partial charge is 0.189 e. The summed E-state index contributed by atoms with van der Waals surface area (Å²) in [5.41, 5.74) is 10.8. The molecule has 0 spiro atoms. The van der Waals surface area contributed by atoms with Gasteiger partial charge in [0.1, 0.15) is 34.5 Å². The van der Waals surface area contributed by atoms with E-state index in [4.69, 9.17) is 15.4 Å². The Morgan fingerprint density at radius 3 is 1.55 bits per heavy atom. The Morgan fingerprint density at radius 2 is 0.966 bits per heavy atom. The van der Waals surface area contributed by atoms with Gasteiger partial charge in [0.2, 0.25) is 0 Å². The van der Waals surface area contributed by atoms with E-state index in [-0.39, 0.29) is 11.1 Å². The van der Waals surface area contributed by atoms with Crippen molar-refractivity contribution in [1.29, 1.82) is 10.5 Å². The summed E-state index contributed by atoms with van der Waals surface area (Å²) in [7, 11) is 0. The minimum Gasteiger partial charge on any atom is -0.456 e. The lowest BCUT2D eigenvalue weighted by atomic mass is 9.96. The molecule has 7 heteroatoms. The van der Waals surface area contributed by atoms with Gasteiger partial charge in [-0.2, -0.15) is 10.5 Å². The molecule has 0 unspecified atom stereocenters. The van der Waals surface area contributed by atoms with Crippen molar-refractivity contribution in [3.8, 4) is 34.6 Å². The van der Waals surface area contributed by atoms with Crippen LogP contribution in [0.3, 0.4) is 0 Å². The van der Waals surface area contributed by atoms with Crippen LogP contribution in [0.15, 0.2) is 160 Å². The average Bonchev–Trinajstić information content (AvgIpc) is 4.01. The van der Waals surface area contributed by atoms with E-state index in [2.05, 4.69) is 92.8 Å². The quantitative estimate of drug-likeness (QED) is 0.169.